The predicted octanol–water partition coefficient (Wildman–Crippen LogP) is 4.47. The Labute approximate surface area is 103 Å². The fourth-order valence-corrected chi connectivity index (χ4v) is 3.19. The van der Waals surface area contributed by atoms with Gasteiger partial charge in [-0.05, 0) is 44.7 Å². The molecule has 16 heavy (non-hydrogen) atoms. The monoisotopic (exact) mass is 225 g/mol. The van der Waals surface area contributed by atoms with E-state index >= 15 is 0 Å². The van der Waals surface area contributed by atoms with E-state index in [1.807, 2.05) is 0 Å². The third-order valence-electron chi connectivity index (χ3n) is 4.11. The maximum absolute atomic E-state index is 2.78. The molecule has 1 heterocycles. The van der Waals surface area contributed by atoms with Gasteiger partial charge in [-0.15, -0.1) is 0 Å². The van der Waals surface area contributed by atoms with E-state index < -0.39 is 0 Å². The lowest BCUT2D eigenvalue weighted by Gasteiger charge is -2.37. The number of piperidine rings is 1. The molecule has 0 aromatic carbocycles. The van der Waals surface area contributed by atoms with E-state index in [1.165, 1.54) is 64.5 Å². The smallest absolute Gasteiger partial charge is 0.00950 e. The van der Waals surface area contributed by atoms with Gasteiger partial charge in [0, 0.05) is 6.04 Å². The summed E-state index contributed by atoms with van der Waals surface area (Å²) in [6, 6.07) is 0.887. The summed E-state index contributed by atoms with van der Waals surface area (Å²) in [5.41, 5.74) is 0. The number of nitrogens with zero attached hydrogens (tertiary/aromatic N) is 1. The summed E-state index contributed by atoms with van der Waals surface area (Å²) in [5.74, 6) is 1.03. The zero-order valence-corrected chi connectivity index (χ0v) is 11.7. The number of hydrogen-bond donors (Lipinski definition) is 0. The molecule has 0 radical (unpaired) electrons. The van der Waals surface area contributed by atoms with Gasteiger partial charge < -0.3 is 4.90 Å². The first kappa shape index (κ1) is 14.0. The largest absolute Gasteiger partial charge is 0.300 e. The van der Waals surface area contributed by atoms with Gasteiger partial charge in [0.2, 0.25) is 0 Å². The van der Waals surface area contributed by atoms with Crippen LogP contribution in [-0.4, -0.2) is 24.0 Å². The number of likely N-dealkylation sites (tertiary alicyclic amines) is 1. The average molecular weight is 225 g/mol. The Kier molecular flexibility index (Phi) is 7.11. The zero-order chi connectivity index (χ0) is 11.8. The second-order valence-corrected chi connectivity index (χ2v) is 5.50. The molecule has 0 amide bonds. The molecule has 1 saturated heterocycles. The highest BCUT2D eigenvalue weighted by molar-refractivity contribution is 4.78. The first-order valence-corrected chi connectivity index (χ1v) is 7.55. The van der Waals surface area contributed by atoms with E-state index in [0.717, 1.165) is 12.0 Å². The van der Waals surface area contributed by atoms with Crippen molar-refractivity contribution in [3.05, 3.63) is 0 Å². The van der Waals surface area contributed by atoms with E-state index in [1.54, 1.807) is 0 Å². The SMILES string of the molecule is CCCC1CCN(C(CCC)CCC)CC1. The lowest BCUT2D eigenvalue weighted by molar-refractivity contribution is 0.116. The van der Waals surface area contributed by atoms with E-state index in [-0.39, 0.29) is 0 Å². The summed E-state index contributed by atoms with van der Waals surface area (Å²) >= 11 is 0. The van der Waals surface area contributed by atoms with Crippen molar-refractivity contribution >= 4 is 0 Å². The first-order chi connectivity index (χ1) is 7.81. The summed E-state index contributed by atoms with van der Waals surface area (Å²) in [6.45, 7) is 9.72. The lowest BCUT2D eigenvalue weighted by Crippen LogP contribution is -2.41. The molecule has 1 rings (SSSR count). The molecule has 0 aliphatic carbocycles. The Hall–Kier alpha value is -0.0400. The predicted molar refractivity (Wildman–Crippen MR) is 72.8 cm³/mol. The first-order valence-electron chi connectivity index (χ1n) is 7.55. The molecule has 0 bridgehead atoms. The van der Waals surface area contributed by atoms with Crippen LogP contribution in [0.2, 0.25) is 0 Å². The highest BCUT2D eigenvalue weighted by Crippen LogP contribution is 2.25. The van der Waals surface area contributed by atoms with Crippen molar-refractivity contribution in [2.75, 3.05) is 13.1 Å². The van der Waals surface area contributed by atoms with Gasteiger partial charge in [0.05, 0.1) is 0 Å². The molecule has 0 N–H and O–H groups in total. The molecule has 0 spiro atoms. The molecule has 1 nitrogen and oxygen atoms in total. The summed E-state index contributed by atoms with van der Waals surface area (Å²) in [6.07, 6.45) is 11.3. The van der Waals surface area contributed by atoms with Gasteiger partial charge in [0.25, 0.3) is 0 Å². The van der Waals surface area contributed by atoms with Crippen molar-refractivity contribution in [3.8, 4) is 0 Å². The van der Waals surface area contributed by atoms with Crippen LogP contribution in [0.4, 0.5) is 0 Å². The van der Waals surface area contributed by atoms with Crippen LogP contribution in [0, 0.1) is 5.92 Å². The standard InChI is InChI=1S/C15H31N/c1-4-7-14-10-12-16(13-11-14)15(8-5-2)9-6-3/h14-15H,4-13H2,1-3H3. The minimum Gasteiger partial charge on any atom is -0.300 e. The summed E-state index contributed by atoms with van der Waals surface area (Å²) in [5, 5.41) is 0. The van der Waals surface area contributed by atoms with Gasteiger partial charge in [0.15, 0.2) is 0 Å². The van der Waals surface area contributed by atoms with Gasteiger partial charge in [-0.2, -0.15) is 0 Å². The van der Waals surface area contributed by atoms with E-state index in [0.29, 0.717) is 0 Å². The van der Waals surface area contributed by atoms with Crippen LogP contribution in [0.15, 0.2) is 0 Å². The van der Waals surface area contributed by atoms with Crippen LogP contribution >= 0.6 is 0 Å². The quantitative estimate of drug-likeness (QED) is 0.618. The Bertz CT molecular complexity index is 153. The van der Waals surface area contributed by atoms with E-state index in [4.69, 9.17) is 0 Å². The molecule has 0 aromatic heterocycles. The Morgan fingerprint density at radius 1 is 0.938 bits per heavy atom. The number of rotatable bonds is 7. The molecule has 1 heteroatoms. The minimum absolute atomic E-state index is 0.887. The molecule has 0 atom stereocenters. The van der Waals surface area contributed by atoms with Crippen molar-refractivity contribution in [3.63, 3.8) is 0 Å². The molecular formula is C15H31N. The third-order valence-corrected chi connectivity index (χ3v) is 4.11. The summed E-state index contributed by atoms with van der Waals surface area (Å²) in [4.78, 5) is 2.78. The van der Waals surface area contributed by atoms with Gasteiger partial charge >= 0.3 is 0 Å². The topological polar surface area (TPSA) is 3.24 Å². The summed E-state index contributed by atoms with van der Waals surface area (Å²) in [7, 11) is 0. The minimum atomic E-state index is 0.887. The average Bonchev–Trinajstić information content (AvgIpc) is 2.30. The molecular weight excluding hydrogens is 194 g/mol. The van der Waals surface area contributed by atoms with Crippen molar-refractivity contribution in [2.45, 2.75) is 78.2 Å². The van der Waals surface area contributed by atoms with Gasteiger partial charge in [-0.25, -0.2) is 0 Å². The fourth-order valence-electron chi connectivity index (χ4n) is 3.19. The van der Waals surface area contributed by atoms with Crippen LogP contribution in [0.25, 0.3) is 0 Å². The molecule has 1 fully saturated rings. The lowest BCUT2D eigenvalue weighted by atomic mass is 9.90. The summed E-state index contributed by atoms with van der Waals surface area (Å²) < 4.78 is 0. The maximum Gasteiger partial charge on any atom is 0.00950 e. The van der Waals surface area contributed by atoms with Crippen molar-refractivity contribution in [2.24, 2.45) is 5.92 Å². The molecule has 1 aliphatic heterocycles. The molecule has 96 valence electrons. The Balaban J connectivity index is 2.31. The molecule has 0 saturated carbocycles. The van der Waals surface area contributed by atoms with Crippen LogP contribution in [0.5, 0.6) is 0 Å². The fraction of sp³-hybridized carbons (Fsp3) is 1.00. The normalized spacial score (nSPS) is 19.5. The van der Waals surface area contributed by atoms with Crippen molar-refractivity contribution in [1.82, 2.24) is 4.90 Å². The second kappa shape index (κ2) is 8.11. The maximum atomic E-state index is 2.78. The van der Waals surface area contributed by atoms with Crippen molar-refractivity contribution < 1.29 is 0 Å². The van der Waals surface area contributed by atoms with Gasteiger partial charge in [-0.3, -0.25) is 0 Å². The van der Waals surface area contributed by atoms with Crippen LogP contribution < -0.4 is 0 Å². The van der Waals surface area contributed by atoms with Gasteiger partial charge in [0.1, 0.15) is 0 Å². The Morgan fingerprint density at radius 3 is 1.94 bits per heavy atom. The molecule has 1 aliphatic rings. The molecule has 0 unspecified atom stereocenters. The highest BCUT2D eigenvalue weighted by atomic mass is 15.2. The van der Waals surface area contributed by atoms with E-state index in [9.17, 15) is 0 Å². The van der Waals surface area contributed by atoms with Crippen molar-refractivity contribution in [1.29, 1.82) is 0 Å². The second-order valence-electron chi connectivity index (χ2n) is 5.50. The molecule has 0 aromatic rings. The van der Waals surface area contributed by atoms with Gasteiger partial charge in [-0.1, -0.05) is 46.5 Å². The highest BCUT2D eigenvalue weighted by Gasteiger charge is 2.23. The van der Waals surface area contributed by atoms with Crippen LogP contribution in [0.3, 0.4) is 0 Å². The van der Waals surface area contributed by atoms with Crippen LogP contribution in [0.1, 0.15) is 72.1 Å². The third kappa shape index (κ3) is 4.45. The van der Waals surface area contributed by atoms with E-state index in [2.05, 4.69) is 25.7 Å². The van der Waals surface area contributed by atoms with Crippen LogP contribution in [-0.2, 0) is 0 Å². The Morgan fingerprint density at radius 2 is 1.50 bits per heavy atom. The number of hydrogen-bond acceptors (Lipinski definition) is 1. The zero-order valence-electron chi connectivity index (χ0n) is 11.7.